The van der Waals surface area contributed by atoms with Gasteiger partial charge in [0.25, 0.3) is 0 Å². The van der Waals surface area contributed by atoms with Gasteiger partial charge in [0, 0.05) is 13.0 Å². The topological polar surface area (TPSA) is 73.4 Å². The molecule has 1 fully saturated rings. The van der Waals surface area contributed by atoms with Crippen LogP contribution < -0.4 is 4.74 Å². The second-order valence-corrected chi connectivity index (χ2v) is 6.61. The van der Waals surface area contributed by atoms with Crippen LogP contribution in [0.5, 0.6) is 5.75 Å². The largest absolute Gasteiger partial charge is 0.497 e. The predicted molar refractivity (Wildman–Crippen MR) is 99.1 cm³/mol. The minimum Gasteiger partial charge on any atom is -0.497 e. The van der Waals surface area contributed by atoms with Crippen molar-refractivity contribution in [2.75, 3.05) is 13.7 Å². The van der Waals surface area contributed by atoms with Gasteiger partial charge < -0.3 is 14.1 Å². The number of aromatic nitrogens is 3. The number of carbonyl (C=O) groups is 1. The number of methoxy groups -OCH3 is 1. The normalized spacial score (nSPS) is 14.6. The fraction of sp³-hybridized carbons (Fsp3) is 0.350. The Morgan fingerprint density at radius 1 is 1.15 bits per heavy atom. The van der Waals surface area contributed by atoms with Gasteiger partial charge in [-0.3, -0.25) is 4.79 Å². The first-order valence-corrected chi connectivity index (χ1v) is 9.11. The molecular weight excluding hydrogens is 344 g/mol. The SMILES string of the molecule is COc1ccc(Cn2nc(-c3ccco3)nc2CN2CCCCC2=O)cc1. The Bertz CT molecular complexity index is 900. The van der Waals surface area contributed by atoms with Gasteiger partial charge >= 0.3 is 0 Å². The van der Waals surface area contributed by atoms with E-state index in [-0.39, 0.29) is 5.91 Å². The van der Waals surface area contributed by atoms with E-state index in [1.807, 2.05) is 46.0 Å². The van der Waals surface area contributed by atoms with Crippen LogP contribution in [-0.2, 0) is 17.9 Å². The molecule has 0 aliphatic carbocycles. The molecular formula is C20H22N4O3. The highest BCUT2D eigenvalue weighted by molar-refractivity contribution is 5.76. The number of nitrogens with zero attached hydrogens (tertiary/aromatic N) is 4. The van der Waals surface area contributed by atoms with Crippen molar-refractivity contribution in [3.8, 4) is 17.3 Å². The zero-order chi connectivity index (χ0) is 18.6. The number of amides is 1. The third-order valence-electron chi connectivity index (χ3n) is 4.73. The van der Waals surface area contributed by atoms with Crippen LogP contribution in [0.2, 0.25) is 0 Å². The van der Waals surface area contributed by atoms with Crippen molar-refractivity contribution in [3.63, 3.8) is 0 Å². The molecule has 0 N–H and O–H groups in total. The minimum absolute atomic E-state index is 0.180. The van der Waals surface area contributed by atoms with Crippen molar-refractivity contribution >= 4 is 5.91 Å². The van der Waals surface area contributed by atoms with Crippen molar-refractivity contribution in [2.24, 2.45) is 0 Å². The Morgan fingerprint density at radius 2 is 2.00 bits per heavy atom. The quantitative estimate of drug-likeness (QED) is 0.670. The Labute approximate surface area is 157 Å². The number of ether oxygens (including phenoxy) is 1. The number of benzene rings is 1. The number of likely N-dealkylation sites (tertiary alicyclic amines) is 1. The van der Waals surface area contributed by atoms with Crippen molar-refractivity contribution in [3.05, 3.63) is 54.0 Å². The van der Waals surface area contributed by atoms with Crippen LogP contribution >= 0.6 is 0 Å². The highest BCUT2D eigenvalue weighted by atomic mass is 16.5. The fourth-order valence-corrected chi connectivity index (χ4v) is 3.23. The van der Waals surface area contributed by atoms with E-state index in [1.165, 1.54) is 0 Å². The minimum atomic E-state index is 0.180. The smallest absolute Gasteiger partial charge is 0.222 e. The lowest BCUT2D eigenvalue weighted by Crippen LogP contribution is -2.35. The molecule has 4 rings (SSSR count). The number of furan rings is 1. The molecule has 0 radical (unpaired) electrons. The van der Waals surface area contributed by atoms with E-state index in [0.717, 1.165) is 36.5 Å². The molecule has 2 aromatic heterocycles. The zero-order valence-corrected chi connectivity index (χ0v) is 15.3. The standard InChI is InChI=1S/C20H22N4O3/c1-26-16-9-7-15(8-10-16)13-24-18(14-23-11-3-2-6-19(23)25)21-20(22-24)17-5-4-12-27-17/h4-5,7-10,12H,2-3,6,11,13-14H2,1H3. The summed E-state index contributed by atoms with van der Waals surface area (Å²) in [5.74, 6) is 2.91. The lowest BCUT2D eigenvalue weighted by molar-refractivity contribution is -0.134. The molecule has 3 heterocycles. The maximum atomic E-state index is 12.2. The van der Waals surface area contributed by atoms with Crippen LogP contribution in [0.1, 0.15) is 30.7 Å². The maximum Gasteiger partial charge on any atom is 0.222 e. The van der Waals surface area contributed by atoms with E-state index in [9.17, 15) is 4.79 Å². The first-order valence-electron chi connectivity index (χ1n) is 9.11. The first kappa shape index (κ1) is 17.3. The summed E-state index contributed by atoms with van der Waals surface area (Å²) in [6, 6.07) is 11.5. The van der Waals surface area contributed by atoms with Gasteiger partial charge in [0.2, 0.25) is 11.7 Å². The van der Waals surface area contributed by atoms with Gasteiger partial charge in [-0.1, -0.05) is 12.1 Å². The lowest BCUT2D eigenvalue weighted by atomic mass is 10.1. The summed E-state index contributed by atoms with van der Waals surface area (Å²) in [5.41, 5.74) is 1.08. The molecule has 7 heteroatoms. The third kappa shape index (κ3) is 3.86. The van der Waals surface area contributed by atoms with E-state index in [1.54, 1.807) is 13.4 Å². The molecule has 0 saturated carbocycles. The lowest BCUT2D eigenvalue weighted by Gasteiger charge is -2.26. The van der Waals surface area contributed by atoms with Gasteiger partial charge in [0.05, 0.1) is 26.5 Å². The summed E-state index contributed by atoms with van der Waals surface area (Å²) in [5, 5.41) is 4.62. The number of carbonyl (C=O) groups excluding carboxylic acids is 1. The van der Waals surface area contributed by atoms with E-state index in [4.69, 9.17) is 9.15 Å². The van der Waals surface area contributed by atoms with Crippen molar-refractivity contribution in [2.45, 2.75) is 32.4 Å². The molecule has 1 amide bonds. The summed E-state index contributed by atoms with van der Waals surface area (Å²) in [6.45, 7) is 1.79. The second kappa shape index (κ2) is 7.65. The Hall–Kier alpha value is -3.09. The monoisotopic (exact) mass is 366 g/mol. The molecule has 0 bridgehead atoms. The second-order valence-electron chi connectivity index (χ2n) is 6.61. The molecule has 0 spiro atoms. The molecule has 0 atom stereocenters. The summed E-state index contributed by atoms with van der Waals surface area (Å²) in [4.78, 5) is 18.7. The Morgan fingerprint density at radius 3 is 2.70 bits per heavy atom. The first-order chi connectivity index (χ1) is 13.2. The van der Waals surface area contributed by atoms with Gasteiger partial charge in [0.15, 0.2) is 5.76 Å². The van der Waals surface area contributed by atoms with Gasteiger partial charge in [0.1, 0.15) is 11.6 Å². The molecule has 0 unspecified atom stereocenters. The Kier molecular flexibility index (Phi) is 4.91. The summed E-state index contributed by atoms with van der Waals surface area (Å²) in [7, 11) is 1.65. The number of piperidine rings is 1. The van der Waals surface area contributed by atoms with Crippen LogP contribution in [0.3, 0.4) is 0 Å². The third-order valence-corrected chi connectivity index (χ3v) is 4.73. The van der Waals surface area contributed by atoms with Gasteiger partial charge in [-0.15, -0.1) is 5.10 Å². The maximum absolute atomic E-state index is 12.2. The summed E-state index contributed by atoms with van der Waals surface area (Å²) >= 11 is 0. The number of rotatable bonds is 6. The van der Waals surface area contributed by atoms with E-state index in [2.05, 4.69) is 10.1 Å². The molecule has 1 aliphatic rings. The van der Waals surface area contributed by atoms with E-state index < -0.39 is 0 Å². The van der Waals surface area contributed by atoms with Crippen LogP contribution in [0.4, 0.5) is 0 Å². The highest BCUT2D eigenvalue weighted by Gasteiger charge is 2.22. The predicted octanol–water partition coefficient (Wildman–Crippen LogP) is 3.11. The van der Waals surface area contributed by atoms with Crippen molar-refractivity contribution in [1.29, 1.82) is 0 Å². The molecule has 27 heavy (non-hydrogen) atoms. The fourth-order valence-electron chi connectivity index (χ4n) is 3.23. The molecule has 7 nitrogen and oxygen atoms in total. The van der Waals surface area contributed by atoms with E-state index in [0.29, 0.717) is 31.1 Å². The molecule has 3 aromatic rings. The van der Waals surface area contributed by atoms with Crippen LogP contribution in [0.15, 0.2) is 47.1 Å². The van der Waals surface area contributed by atoms with Crippen LogP contribution in [0.25, 0.3) is 11.6 Å². The molecule has 1 saturated heterocycles. The Balaban J connectivity index is 1.62. The van der Waals surface area contributed by atoms with Gasteiger partial charge in [-0.25, -0.2) is 9.67 Å². The van der Waals surface area contributed by atoms with E-state index >= 15 is 0 Å². The number of hydrogen-bond acceptors (Lipinski definition) is 5. The zero-order valence-electron chi connectivity index (χ0n) is 15.3. The summed E-state index contributed by atoms with van der Waals surface area (Å²) < 4.78 is 12.5. The molecule has 1 aliphatic heterocycles. The summed E-state index contributed by atoms with van der Waals surface area (Å²) in [6.07, 6.45) is 4.21. The highest BCUT2D eigenvalue weighted by Crippen LogP contribution is 2.20. The van der Waals surface area contributed by atoms with Crippen LogP contribution in [0, 0.1) is 0 Å². The van der Waals surface area contributed by atoms with Gasteiger partial charge in [-0.2, -0.15) is 0 Å². The molecule has 140 valence electrons. The number of hydrogen-bond donors (Lipinski definition) is 0. The molecule has 1 aromatic carbocycles. The van der Waals surface area contributed by atoms with Crippen molar-refractivity contribution in [1.82, 2.24) is 19.7 Å². The average Bonchev–Trinajstić information content (AvgIpc) is 3.35. The van der Waals surface area contributed by atoms with Crippen molar-refractivity contribution < 1.29 is 13.9 Å². The van der Waals surface area contributed by atoms with Crippen LogP contribution in [-0.4, -0.2) is 39.2 Å². The van der Waals surface area contributed by atoms with Gasteiger partial charge in [-0.05, 0) is 42.7 Å². The average molecular weight is 366 g/mol.